The van der Waals surface area contributed by atoms with Crippen LogP contribution in [0.5, 0.6) is 0 Å². The number of fused-ring (bicyclic) bond motifs is 4. The minimum atomic E-state index is 1.07. The number of para-hydroxylation sites is 2. The lowest BCUT2D eigenvalue weighted by atomic mass is 9.94. The number of pyridine rings is 1. The smallest absolute Gasteiger partial charge is 0.141 e. The van der Waals surface area contributed by atoms with Gasteiger partial charge in [0, 0.05) is 54.4 Å². The minimum Gasteiger partial charge on any atom is -0.377 e. The highest BCUT2D eigenvalue weighted by Gasteiger charge is 2.25. The number of hydrogen-bond donors (Lipinski definition) is 0. The van der Waals surface area contributed by atoms with Crippen LogP contribution in [0, 0.1) is 0 Å². The Kier molecular flexibility index (Phi) is 3.33. The predicted octanol–water partition coefficient (Wildman–Crippen LogP) is 4.95. The van der Waals surface area contributed by atoms with Crippen molar-refractivity contribution in [3.05, 3.63) is 59.8 Å². The first kappa shape index (κ1) is 15.4. The van der Waals surface area contributed by atoms with Crippen LogP contribution in [-0.4, -0.2) is 23.6 Å². The van der Waals surface area contributed by atoms with Gasteiger partial charge in [0.1, 0.15) is 5.65 Å². The van der Waals surface area contributed by atoms with Crippen LogP contribution in [0.3, 0.4) is 0 Å². The van der Waals surface area contributed by atoms with Crippen LogP contribution in [0.25, 0.3) is 33.1 Å². The standard InChI is InChI=1S/C23H23N3/c1-25(2)19-13-7-5-10-16(19)21-15-9-4-6-12-18(15)24-23-22(21)17-11-8-14-20(17)26(23)3/h4-7,9-10,12-13H,8,11,14H2,1-3H3. The fourth-order valence-electron chi connectivity index (χ4n) is 4.58. The molecule has 1 aliphatic rings. The van der Waals surface area contributed by atoms with Crippen molar-refractivity contribution in [3.8, 4) is 11.1 Å². The summed E-state index contributed by atoms with van der Waals surface area (Å²) in [7, 11) is 6.42. The van der Waals surface area contributed by atoms with E-state index in [-0.39, 0.29) is 0 Å². The van der Waals surface area contributed by atoms with Crippen LogP contribution < -0.4 is 4.90 Å². The highest BCUT2D eigenvalue weighted by atomic mass is 15.1. The second kappa shape index (κ2) is 5.60. The van der Waals surface area contributed by atoms with E-state index in [1.165, 1.54) is 45.3 Å². The first-order chi connectivity index (χ1) is 12.7. The summed E-state index contributed by atoms with van der Waals surface area (Å²) < 4.78 is 2.33. The molecule has 0 atom stereocenters. The monoisotopic (exact) mass is 341 g/mol. The van der Waals surface area contributed by atoms with Gasteiger partial charge >= 0.3 is 0 Å². The largest absolute Gasteiger partial charge is 0.377 e. The van der Waals surface area contributed by atoms with Crippen LogP contribution in [0.15, 0.2) is 48.5 Å². The molecule has 0 fully saturated rings. The van der Waals surface area contributed by atoms with E-state index in [1.54, 1.807) is 0 Å². The number of nitrogens with zero attached hydrogens (tertiary/aromatic N) is 3. The SMILES string of the molecule is CN(C)c1ccccc1-c1c2ccccc2nc2c1c1c(n2C)CCC1. The molecular weight excluding hydrogens is 318 g/mol. The molecule has 2 aromatic heterocycles. The van der Waals surface area contributed by atoms with Gasteiger partial charge in [-0.05, 0) is 37.0 Å². The summed E-state index contributed by atoms with van der Waals surface area (Å²) in [6, 6.07) is 17.3. The van der Waals surface area contributed by atoms with E-state index in [1.807, 2.05) is 0 Å². The van der Waals surface area contributed by atoms with Gasteiger partial charge < -0.3 is 9.47 Å². The maximum Gasteiger partial charge on any atom is 0.141 e. The van der Waals surface area contributed by atoms with Crippen molar-refractivity contribution in [1.82, 2.24) is 9.55 Å². The molecule has 3 heteroatoms. The molecule has 0 saturated heterocycles. The molecule has 5 rings (SSSR count). The normalized spacial score (nSPS) is 13.5. The third kappa shape index (κ3) is 2.03. The highest BCUT2D eigenvalue weighted by Crippen LogP contribution is 2.43. The topological polar surface area (TPSA) is 21.1 Å². The molecule has 0 amide bonds. The van der Waals surface area contributed by atoms with Crippen molar-refractivity contribution < 1.29 is 0 Å². The van der Waals surface area contributed by atoms with E-state index < -0.39 is 0 Å². The lowest BCUT2D eigenvalue weighted by molar-refractivity contribution is 0.825. The summed E-state index contributed by atoms with van der Waals surface area (Å²) in [5.74, 6) is 0. The molecular formula is C23H23N3. The summed E-state index contributed by atoms with van der Waals surface area (Å²) in [6.07, 6.45) is 3.56. The van der Waals surface area contributed by atoms with Crippen molar-refractivity contribution in [2.45, 2.75) is 19.3 Å². The molecule has 0 unspecified atom stereocenters. The Balaban J connectivity index is 2.02. The zero-order chi connectivity index (χ0) is 17.8. The molecule has 0 aliphatic heterocycles. The maximum absolute atomic E-state index is 5.05. The van der Waals surface area contributed by atoms with E-state index >= 15 is 0 Å². The second-order valence-corrected chi connectivity index (χ2v) is 7.45. The molecule has 2 heterocycles. The van der Waals surface area contributed by atoms with Crippen molar-refractivity contribution in [3.63, 3.8) is 0 Å². The Hall–Kier alpha value is -2.81. The van der Waals surface area contributed by atoms with Gasteiger partial charge in [0.25, 0.3) is 0 Å². The van der Waals surface area contributed by atoms with E-state index in [0.29, 0.717) is 0 Å². The van der Waals surface area contributed by atoms with Crippen molar-refractivity contribution >= 4 is 27.6 Å². The van der Waals surface area contributed by atoms with E-state index in [4.69, 9.17) is 4.98 Å². The Bertz CT molecular complexity index is 1150. The Morgan fingerprint density at radius 3 is 2.58 bits per heavy atom. The lowest BCUT2D eigenvalue weighted by Crippen LogP contribution is -2.10. The number of aromatic nitrogens is 2. The third-order valence-corrected chi connectivity index (χ3v) is 5.74. The van der Waals surface area contributed by atoms with Gasteiger partial charge in [0.2, 0.25) is 0 Å². The van der Waals surface area contributed by atoms with Crippen LogP contribution in [0.2, 0.25) is 0 Å². The number of rotatable bonds is 2. The number of benzene rings is 2. The fraction of sp³-hybridized carbons (Fsp3) is 0.261. The molecule has 0 bridgehead atoms. The van der Waals surface area contributed by atoms with Crippen LogP contribution in [-0.2, 0) is 19.9 Å². The second-order valence-electron chi connectivity index (χ2n) is 7.45. The Morgan fingerprint density at radius 1 is 0.962 bits per heavy atom. The molecule has 0 N–H and O–H groups in total. The first-order valence-electron chi connectivity index (χ1n) is 9.32. The average Bonchev–Trinajstić information content (AvgIpc) is 3.23. The molecule has 4 aromatic rings. The number of hydrogen-bond acceptors (Lipinski definition) is 2. The van der Waals surface area contributed by atoms with Crippen molar-refractivity contribution in [2.24, 2.45) is 7.05 Å². The number of anilines is 1. The van der Waals surface area contributed by atoms with Gasteiger partial charge in [-0.3, -0.25) is 0 Å². The van der Waals surface area contributed by atoms with Crippen LogP contribution in [0.1, 0.15) is 17.7 Å². The van der Waals surface area contributed by atoms with Crippen molar-refractivity contribution in [2.75, 3.05) is 19.0 Å². The van der Waals surface area contributed by atoms with Crippen LogP contribution in [0.4, 0.5) is 5.69 Å². The van der Waals surface area contributed by atoms with Crippen LogP contribution >= 0.6 is 0 Å². The molecule has 2 aromatic carbocycles. The summed E-state index contributed by atoms with van der Waals surface area (Å²) in [5, 5.41) is 2.60. The van der Waals surface area contributed by atoms with Gasteiger partial charge in [-0.1, -0.05) is 36.4 Å². The minimum absolute atomic E-state index is 1.07. The molecule has 26 heavy (non-hydrogen) atoms. The number of aryl methyl sites for hydroxylation is 2. The van der Waals surface area contributed by atoms with Gasteiger partial charge in [0.15, 0.2) is 0 Å². The summed E-state index contributed by atoms with van der Waals surface area (Å²) in [5.41, 5.74) is 9.05. The fourth-order valence-corrected chi connectivity index (χ4v) is 4.58. The van der Waals surface area contributed by atoms with E-state index in [9.17, 15) is 0 Å². The van der Waals surface area contributed by atoms with Gasteiger partial charge in [-0.15, -0.1) is 0 Å². The van der Waals surface area contributed by atoms with Gasteiger partial charge in [-0.25, -0.2) is 4.98 Å². The zero-order valence-corrected chi connectivity index (χ0v) is 15.6. The lowest BCUT2D eigenvalue weighted by Gasteiger charge is -2.19. The predicted molar refractivity (Wildman–Crippen MR) is 110 cm³/mol. The average molecular weight is 341 g/mol. The summed E-state index contributed by atoms with van der Waals surface area (Å²) >= 11 is 0. The third-order valence-electron chi connectivity index (χ3n) is 5.74. The zero-order valence-electron chi connectivity index (χ0n) is 15.6. The summed E-state index contributed by atoms with van der Waals surface area (Å²) in [4.78, 5) is 7.26. The Labute approximate surface area is 153 Å². The van der Waals surface area contributed by atoms with Gasteiger partial charge in [-0.2, -0.15) is 0 Å². The quantitative estimate of drug-likeness (QED) is 0.514. The maximum atomic E-state index is 5.05. The molecule has 3 nitrogen and oxygen atoms in total. The van der Waals surface area contributed by atoms with E-state index in [0.717, 1.165) is 24.0 Å². The molecule has 0 radical (unpaired) electrons. The Morgan fingerprint density at radius 2 is 1.73 bits per heavy atom. The molecule has 130 valence electrons. The first-order valence-corrected chi connectivity index (χ1v) is 9.32. The van der Waals surface area contributed by atoms with E-state index in [2.05, 4.69) is 79.1 Å². The molecule has 1 aliphatic carbocycles. The summed E-state index contributed by atoms with van der Waals surface area (Å²) in [6.45, 7) is 0. The van der Waals surface area contributed by atoms with Gasteiger partial charge in [0.05, 0.1) is 5.52 Å². The molecule has 0 spiro atoms. The highest BCUT2D eigenvalue weighted by molar-refractivity contribution is 6.12. The van der Waals surface area contributed by atoms with Crippen molar-refractivity contribution in [1.29, 1.82) is 0 Å². The molecule has 0 saturated carbocycles.